The van der Waals surface area contributed by atoms with Crippen LogP contribution in [0.15, 0.2) is 33.4 Å². The molecule has 1 aromatic carbocycles. The predicted octanol–water partition coefficient (Wildman–Crippen LogP) is 4.51. The largest absolute Gasteiger partial charge is 0.493 e. The molecule has 0 radical (unpaired) electrons. The maximum absolute atomic E-state index is 12.8. The number of likely N-dealkylation sites (tertiary alicyclic amines) is 1. The summed E-state index contributed by atoms with van der Waals surface area (Å²) in [6.45, 7) is 0.783. The van der Waals surface area contributed by atoms with Gasteiger partial charge in [-0.15, -0.1) is 11.3 Å². The van der Waals surface area contributed by atoms with Crippen molar-refractivity contribution in [2.24, 2.45) is 0 Å². The first-order valence-electron chi connectivity index (χ1n) is 7.41. The first-order chi connectivity index (χ1) is 11.1. The van der Waals surface area contributed by atoms with Gasteiger partial charge in [0.05, 0.1) is 29.6 Å². The molecule has 23 heavy (non-hydrogen) atoms. The lowest BCUT2D eigenvalue weighted by Crippen LogP contribution is -2.30. The van der Waals surface area contributed by atoms with Crippen LogP contribution in [0.5, 0.6) is 11.5 Å². The number of benzene rings is 1. The average molecular weight is 396 g/mol. The van der Waals surface area contributed by atoms with E-state index in [1.54, 1.807) is 14.2 Å². The number of hydrogen-bond acceptors (Lipinski definition) is 4. The van der Waals surface area contributed by atoms with Gasteiger partial charge in [0, 0.05) is 11.9 Å². The molecule has 0 spiro atoms. The molecule has 0 aliphatic carbocycles. The summed E-state index contributed by atoms with van der Waals surface area (Å²) in [5.74, 6) is 1.49. The Balaban J connectivity index is 1.88. The predicted molar refractivity (Wildman–Crippen MR) is 94.6 cm³/mol. The van der Waals surface area contributed by atoms with E-state index < -0.39 is 0 Å². The van der Waals surface area contributed by atoms with Gasteiger partial charge in [-0.1, -0.05) is 6.07 Å². The number of carbonyl (C=O) groups is 1. The quantitative estimate of drug-likeness (QED) is 0.764. The molecular weight excluding hydrogens is 378 g/mol. The van der Waals surface area contributed by atoms with Crippen LogP contribution in [0.3, 0.4) is 0 Å². The third kappa shape index (κ3) is 3.23. The van der Waals surface area contributed by atoms with Crippen molar-refractivity contribution < 1.29 is 14.3 Å². The van der Waals surface area contributed by atoms with Crippen molar-refractivity contribution in [3.05, 3.63) is 44.6 Å². The monoisotopic (exact) mass is 395 g/mol. The number of ether oxygens (including phenoxy) is 2. The zero-order valence-corrected chi connectivity index (χ0v) is 15.4. The van der Waals surface area contributed by atoms with E-state index in [1.807, 2.05) is 34.5 Å². The molecule has 1 aliphatic rings. The summed E-state index contributed by atoms with van der Waals surface area (Å²) in [6.07, 6.45) is 1.97. The number of rotatable bonds is 4. The molecule has 1 aromatic heterocycles. The molecule has 2 heterocycles. The lowest BCUT2D eigenvalue weighted by atomic mass is 10.0. The highest BCUT2D eigenvalue weighted by Crippen LogP contribution is 2.38. The van der Waals surface area contributed by atoms with Gasteiger partial charge in [-0.2, -0.15) is 0 Å². The van der Waals surface area contributed by atoms with E-state index in [0.717, 1.165) is 34.3 Å². The van der Waals surface area contributed by atoms with Gasteiger partial charge in [-0.05, 0) is 52.5 Å². The van der Waals surface area contributed by atoms with Crippen LogP contribution < -0.4 is 9.47 Å². The van der Waals surface area contributed by atoms with Crippen LogP contribution in [0.4, 0.5) is 0 Å². The van der Waals surface area contributed by atoms with Crippen molar-refractivity contribution in [1.29, 1.82) is 0 Å². The van der Waals surface area contributed by atoms with E-state index in [1.165, 1.54) is 11.3 Å². The molecule has 0 bridgehead atoms. The van der Waals surface area contributed by atoms with Crippen molar-refractivity contribution in [3.8, 4) is 11.5 Å². The number of amides is 1. The van der Waals surface area contributed by atoms with Crippen LogP contribution >= 0.6 is 27.3 Å². The Bertz CT molecular complexity index is 716. The van der Waals surface area contributed by atoms with Gasteiger partial charge in [0.1, 0.15) is 0 Å². The fourth-order valence-corrected chi connectivity index (χ4v) is 4.13. The maximum Gasteiger partial charge on any atom is 0.255 e. The highest BCUT2D eigenvalue weighted by molar-refractivity contribution is 9.11. The number of hydrogen-bond donors (Lipinski definition) is 0. The molecule has 0 N–H and O–H groups in total. The second-order valence-electron chi connectivity index (χ2n) is 5.41. The van der Waals surface area contributed by atoms with Crippen LogP contribution in [-0.2, 0) is 0 Å². The average Bonchev–Trinajstić information content (AvgIpc) is 3.22. The molecule has 1 saturated heterocycles. The Kier molecular flexibility index (Phi) is 4.92. The lowest BCUT2D eigenvalue weighted by molar-refractivity contribution is 0.0736. The van der Waals surface area contributed by atoms with Crippen molar-refractivity contribution >= 4 is 33.2 Å². The highest BCUT2D eigenvalue weighted by Gasteiger charge is 2.31. The van der Waals surface area contributed by atoms with Crippen LogP contribution in [-0.4, -0.2) is 31.6 Å². The molecule has 2 aromatic rings. The standard InChI is InChI=1S/C17H18BrNO3S/c1-21-14-6-5-11(8-15(14)22-2)13-4-3-7-19(13)17(20)12-9-16(18)23-10-12/h5-6,8-10,13H,3-4,7H2,1-2H3. The van der Waals surface area contributed by atoms with Crippen LogP contribution in [0.1, 0.15) is 34.8 Å². The summed E-state index contributed by atoms with van der Waals surface area (Å²) in [7, 11) is 3.25. The summed E-state index contributed by atoms with van der Waals surface area (Å²) >= 11 is 4.95. The zero-order chi connectivity index (χ0) is 16.4. The molecule has 122 valence electrons. The van der Waals surface area contributed by atoms with Crippen LogP contribution in [0.2, 0.25) is 0 Å². The van der Waals surface area contributed by atoms with Crippen molar-refractivity contribution in [3.63, 3.8) is 0 Å². The van der Waals surface area contributed by atoms with Gasteiger partial charge in [0.15, 0.2) is 11.5 Å². The molecule has 1 unspecified atom stereocenters. The number of halogens is 1. The SMILES string of the molecule is COc1ccc(C2CCCN2C(=O)c2csc(Br)c2)cc1OC. The van der Waals surface area contributed by atoms with E-state index >= 15 is 0 Å². The fraction of sp³-hybridized carbons (Fsp3) is 0.353. The van der Waals surface area contributed by atoms with Crippen molar-refractivity contribution in [2.45, 2.75) is 18.9 Å². The molecular formula is C17H18BrNO3S. The smallest absolute Gasteiger partial charge is 0.255 e. The first kappa shape index (κ1) is 16.3. The second kappa shape index (κ2) is 6.93. The van der Waals surface area contributed by atoms with E-state index in [-0.39, 0.29) is 11.9 Å². The van der Waals surface area contributed by atoms with Gasteiger partial charge in [-0.3, -0.25) is 4.79 Å². The molecule has 6 heteroatoms. The van der Waals surface area contributed by atoms with Gasteiger partial charge in [0.2, 0.25) is 0 Å². The zero-order valence-electron chi connectivity index (χ0n) is 13.0. The third-order valence-electron chi connectivity index (χ3n) is 4.12. The van der Waals surface area contributed by atoms with Gasteiger partial charge in [0.25, 0.3) is 5.91 Å². The Hall–Kier alpha value is -1.53. The Labute approximate surface area is 148 Å². The lowest BCUT2D eigenvalue weighted by Gasteiger charge is -2.25. The van der Waals surface area contributed by atoms with E-state index in [9.17, 15) is 4.79 Å². The Morgan fingerprint density at radius 3 is 2.70 bits per heavy atom. The second-order valence-corrected chi connectivity index (χ2v) is 7.70. The summed E-state index contributed by atoms with van der Waals surface area (Å²) < 4.78 is 11.7. The third-order valence-corrected chi connectivity index (χ3v) is 5.62. The van der Waals surface area contributed by atoms with E-state index in [4.69, 9.17) is 9.47 Å². The van der Waals surface area contributed by atoms with E-state index in [0.29, 0.717) is 11.5 Å². The van der Waals surface area contributed by atoms with Gasteiger partial charge >= 0.3 is 0 Å². The number of methoxy groups -OCH3 is 2. The van der Waals surface area contributed by atoms with Crippen molar-refractivity contribution in [2.75, 3.05) is 20.8 Å². The van der Waals surface area contributed by atoms with Crippen molar-refractivity contribution in [1.82, 2.24) is 4.90 Å². The van der Waals surface area contributed by atoms with E-state index in [2.05, 4.69) is 15.9 Å². The minimum absolute atomic E-state index is 0.0842. The number of nitrogens with zero attached hydrogens (tertiary/aromatic N) is 1. The molecule has 1 aliphatic heterocycles. The summed E-state index contributed by atoms with van der Waals surface area (Å²) in [5.41, 5.74) is 1.83. The van der Waals surface area contributed by atoms with Crippen LogP contribution in [0, 0.1) is 0 Å². The molecule has 0 saturated carbocycles. The minimum Gasteiger partial charge on any atom is -0.493 e. The number of carbonyl (C=O) groups excluding carboxylic acids is 1. The Morgan fingerprint density at radius 2 is 2.04 bits per heavy atom. The fourth-order valence-electron chi connectivity index (χ4n) is 3.00. The molecule has 1 fully saturated rings. The Morgan fingerprint density at radius 1 is 1.26 bits per heavy atom. The topological polar surface area (TPSA) is 38.8 Å². The number of thiophene rings is 1. The normalized spacial score (nSPS) is 17.3. The minimum atomic E-state index is 0.0842. The highest BCUT2D eigenvalue weighted by atomic mass is 79.9. The molecule has 4 nitrogen and oxygen atoms in total. The molecule has 1 amide bonds. The summed E-state index contributed by atoms with van der Waals surface area (Å²) in [4.78, 5) is 14.7. The maximum atomic E-state index is 12.8. The van der Waals surface area contributed by atoms with Gasteiger partial charge < -0.3 is 14.4 Å². The first-order valence-corrected chi connectivity index (χ1v) is 9.08. The van der Waals surface area contributed by atoms with Crippen LogP contribution in [0.25, 0.3) is 0 Å². The summed E-state index contributed by atoms with van der Waals surface area (Å²) in [5, 5.41) is 1.90. The summed E-state index contributed by atoms with van der Waals surface area (Å²) in [6, 6.07) is 7.86. The van der Waals surface area contributed by atoms with Gasteiger partial charge in [-0.25, -0.2) is 0 Å². The molecule has 1 atom stereocenters. The molecule has 3 rings (SSSR count).